The van der Waals surface area contributed by atoms with E-state index in [0.717, 1.165) is 14.2 Å². The van der Waals surface area contributed by atoms with Crippen molar-refractivity contribution >= 4 is 43.8 Å². The first-order valence-corrected chi connectivity index (χ1v) is 6.56. The Morgan fingerprint density at radius 3 is 2.54 bits per heavy atom. The van der Waals surface area contributed by atoms with Gasteiger partial charge in [0, 0.05) is 4.92 Å². The highest BCUT2D eigenvalue weighted by Gasteiger charge is 2.22. The van der Waals surface area contributed by atoms with Crippen LogP contribution in [-0.4, -0.2) is 19.2 Å². The molecule has 13 heavy (non-hydrogen) atoms. The van der Waals surface area contributed by atoms with Gasteiger partial charge in [-0.2, -0.15) is 0 Å². The van der Waals surface area contributed by atoms with Gasteiger partial charge in [-0.05, 0) is 34.7 Å². The van der Waals surface area contributed by atoms with Crippen LogP contribution in [-0.2, 0) is 9.84 Å². The third kappa shape index (κ3) is 2.88. The van der Waals surface area contributed by atoms with Crippen molar-refractivity contribution in [2.75, 3.05) is 5.88 Å². The van der Waals surface area contributed by atoms with E-state index in [2.05, 4.69) is 0 Å². The van der Waals surface area contributed by atoms with Gasteiger partial charge in [0.25, 0.3) is 9.84 Å². The summed E-state index contributed by atoms with van der Waals surface area (Å²) in [6.07, 6.45) is 0. The van der Waals surface area contributed by atoms with Crippen LogP contribution in [0.4, 0.5) is 0 Å². The topological polar surface area (TPSA) is 77.3 Å². The van der Waals surface area contributed by atoms with Gasteiger partial charge < -0.3 is 0 Å². The molecule has 8 heteroatoms. The predicted octanol–water partition coefficient (Wildman–Crippen LogP) is 1.36. The van der Waals surface area contributed by atoms with Crippen molar-refractivity contribution in [3.63, 3.8) is 0 Å². The van der Waals surface area contributed by atoms with E-state index in [9.17, 15) is 18.5 Å². The molecule has 0 atom stereocenters. The van der Waals surface area contributed by atoms with Crippen molar-refractivity contribution in [2.24, 2.45) is 0 Å². The van der Waals surface area contributed by atoms with Crippen molar-refractivity contribution in [2.45, 2.75) is 4.21 Å². The molecule has 0 aliphatic heterocycles. The molecule has 0 fully saturated rings. The number of thiophene rings is 1. The Morgan fingerprint density at radius 1 is 1.54 bits per heavy atom. The van der Waals surface area contributed by atoms with Gasteiger partial charge in [0.1, 0.15) is 4.21 Å². The zero-order chi connectivity index (χ0) is 10.1. The number of rotatable bonds is 3. The summed E-state index contributed by atoms with van der Waals surface area (Å²) in [5.41, 5.74) is 0. The molecule has 0 aromatic carbocycles. The zero-order valence-electron chi connectivity index (χ0n) is 6.14. The summed E-state index contributed by atoms with van der Waals surface area (Å²) in [7, 11) is -3.72. The number of hydrogen-bond donors (Lipinski definition) is 0. The lowest BCUT2D eigenvalue weighted by atomic mass is 10.7. The van der Waals surface area contributed by atoms with E-state index >= 15 is 0 Å². The van der Waals surface area contributed by atoms with Crippen LogP contribution in [0, 0.1) is 13.0 Å². The van der Waals surface area contributed by atoms with Crippen molar-refractivity contribution in [1.82, 2.24) is 0 Å². The van der Waals surface area contributed by atoms with Crippen molar-refractivity contribution in [3.8, 4) is 0 Å². The van der Waals surface area contributed by atoms with Gasteiger partial charge in [0.2, 0.25) is 0 Å². The minimum Gasteiger partial charge on any atom is -0.263 e. The van der Waals surface area contributed by atoms with E-state index in [1.54, 1.807) is 6.07 Å². The van der Waals surface area contributed by atoms with Crippen LogP contribution in [0.3, 0.4) is 0 Å². The molecule has 0 bridgehead atoms. The van der Waals surface area contributed by atoms with Gasteiger partial charge >= 0.3 is 5.88 Å². The smallest absolute Gasteiger partial charge is 0.263 e. The van der Waals surface area contributed by atoms with E-state index in [4.69, 9.17) is 0 Å². The Labute approximate surface area is 92.0 Å². The summed E-state index contributed by atoms with van der Waals surface area (Å²) < 4.78 is 23.3. The molecule has 5 nitrogen and oxygen atoms in total. The molecule has 0 amide bonds. The number of hydrogen-bond acceptors (Lipinski definition) is 5. The highest BCUT2D eigenvalue weighted by molar-refractivity contribution is 14.1. The normalized spacial score (nSPS) is 11.5. The Hall–Kier alpha value is -0.220. The molecule has 0 radical (unpaired) electrons. The molecule has 0 aliphatic carbocycles. The highest BCUT2D eigenvalue weighted by Crippen LogP contribution is 2.23. The molecule has 0 N–H and O–H groups in total. The highest BCUT2D eigenvalue weighted by atomic mass is 127. The molecule has 0 saturated carbocycles. The summed E-state index contributed by atoms with van der Waals surface area (Å²) in [5.74, 6) is -1.04. The van der Waals surface area contributed by atoms with Crippen LogP contribution in [0.15, 0.2) is 16.3 Å². The fourth-order valence-electron chi connectivity index (χ4n) is 0.667. The Kier molecular flexibility index (Phi) is 3.24. The lowest BCUT2D eigenvalue weighted by Crippen LogP contribution is -2.13. The van der Waals surface area contributed by atoms with E-state index in [-0.39, 0.29) is 4.21 Å². The minimum atomic E-state index is -3.72. The Bertz CT molecular complexity index is 423. The fourth-order valence-corrected chi connectivity index (χ4v) is 4.09. The maximum Gasteiger partial charge on any atom is 0.306 e. The molecule has 1 aromatic rings. The second-order valence-electron chi connectivity index (χ2n) is 2.14. The van der Waals surface area contributed by atoms with Gasteiger partial charge in [-0.15, -0.1) is 11.3 Å². The summed E-state index contributed by atoms with van der Waals surface area (Å²) in [5, 5.41) is 10.0. The van der Waals surface area contributed by atoms with Gasteiger partial charge in [0.15, 0.2) is 0 Å². The zero-order valence-corrected chi connectivity index (χ0v) is 9.93. The van der Waals surface area contributed by atoms with Crippen LogP contribution in [0.2, 0.25) is 0 Å². The number of nitro groups is 1. The van der Waals surface area contributed by atoms with Crippen molar-refractivity contribution < 1.29 is 13.3 Å². The number of sulfone groups is 1. The van der Waals surface area contributed by atoms with Gasteiger partial charge in [-0.3, -0.25) is 10.1 Å². The third-order valence-electron chi connectivity index (χ3n) is 1.13. The first kappa shape index (κ1) is 10.9. The third-order valence-corrected chi connectivity index (χ3v) is 5.13. The molecule has 1 rings (SSSR count). The average Bonchev–Trinajstić information content (AvgIpc) is 2.32. The maximum atomic E-state index is 11.2. The Balaban J connectivity index is 3.01. The SMILES string of the molecule is O=[N+]([O-])CS(=O)(=O)c1ccc(I)s1. The molecule has 1 aromatic heterocycles. The summed E-state index contributed by atoms with van der Waals surface area (Å²) in [4.78, 5) is 9.18. The van der Waals surface area contributed by atoms with Crippen LogP contribution in [0.5, 0.6) is 0 Å². The molecule has 0 spiro atoms. The summed E-state index contributed by atoms with van der Waals surface area (Å²) in [6.45, 7) is 0. The van der Waals surface area contributed by atoms with E-state index in [0.29, 0.717) is 0 Å². The molecule has 0 unspecified atom stereocenters. The van der Waals surface area contributed by atoms with E-state index in [1.807, 2.05) is 22.6 Å². The number of halogens is 1. The molecule has 72 valence electrons. The van der Waals surface area contributed by atoms with E-state index in [1.165, 1.54) is 6.07 Å². The minimum absolute atomic E-state index is 0.0496. The second-order valence-corrected chi connectivity index (χ2v) is 7.30. The largest absolute Gasteiger partial charge is 0.306 e. The molecule has 0 aliphatic rings. The summed E-state index contributed by atoms with van der Waals surface area (Å²) >= 11 is 2.99. The van der Waals surface area contributed by atoms with Crippen molar-refractivity contribution in [1.29, 1.82) is 0 Å². The molecular weight excluding hydrogens is 329 g/mol. The van der Waals surface area contributed by atoms with Gasteiger partial charge in [-0.1, -0.05) is 0 Å². The predicted molar refractivity (Wildman–Crippen MR) is 56.1 cm³/mol. The first-order valence-electron chi connectivity index (χ1n) is 3.02. The van der Waals surface area contributed by atoms with Crippen LogP contribution >= 0.6 is 33.9 Å². The van der Waals surface area contributed by atoms with Crippen LogP contribution in [0.1, 0.15) is 0 Å². The molecule has 0 saturated heterocycles. The average molecular weight is 333 g/mol. The summed E-state index contributed by atoms with van der Waals surface area (Å²) in [6, 6.07) is 2.99. The van der Waals surface area contributed by atoms with Gasteiger partial charge in [-0.25, -0.2) is 8.42 Å². The maximum absolute atomic E-state index is 11.2. The quantitative estimate of drug-likeness (QED) is 0.475. The lowest BCUT2D eigenvalue weighted by Gasteiger charge is -1.93. The monoisotopic (exact) mass is 333 g/mol. The lowest BCUT2D eigenvalue weighted by molar-refractivity contribution is -0.458. The van der Waals surface area contributed by atoms with E-state index < -0.39 is 20.6 Å². The molecular formula is C5H4INO4S2. The fraction of sp³-hybridized carbons (Fsp3) is 0.200. The second kappa shape index (κ2) is 3.88. The molecule has 1 heterocycles. The first-order chi connectivity index (χ1) is 5.92. The van der Waals surface area contributed by atoms with Crippen LogP contribution < -0.4 is 0 Å². The number of nitrogens with zero attached hydrogens (tertiary/aromatic N) is 1. The van der Waals surface area contributed by atoms with Crippen molar-refractivity contribution in [3.05, 3.63) is 25.1 Å². The van der Waals surface area contributed by atoms with Crippen LogP contribution in [0.25, 0.3) is 0 Å². The Morgan fingerprint density at radius 2 is 2.15 bits per heavy atom. The standard InChI is InChI=1S/C5H4INO4S2/c6-4-1-2-5(12-4)13(10,11)3-7(8)9/h1-2H,3H2. The van der Waals surface area contributed by atoms with Gasteiger partial charge in [0.05, 0.1) is 2.88 Å².